The van der Waals surface area contributed by atoms with E-state index in [1.807, 2.05) is 0 Å². The van der Waals surface area contributed by atoms with Gasteiger partial charge in [0.1, 0.15) is 5.56 Å². The highest BCUT2D eigenvalue weighted by Gasteiger charge is 2.15. The average molecular weight is 415 g/mol. The van der Waals surface area contributed by atoms with Gasteiger partial charge in [0.15, 0.2) is 9.84 Å². The Morgan fingerprint density at radius 2 is 1.69 bits per heavy atom. The number of nitrogens with one attached hydrogen (secondary N) is 1. The summed E-state index contributed by atoms with van der Waals surface area (Å²) in [6, 6.07) is 13.7. The van der Waals surface area contributed by atoms with Crippen molar-refractivity contribution in [1.82, 2.24) is 9.55 Å². The fraction of sp³-hybridized carbons (Fsp3) is 0.105. The SMILES string of the molecule is O=c1[nH]c(=O)n(-c2ccccc2)c(O)c1C=Nc1ccc(S(=O)(=O)CCO)cc1. The summed E-state index contributed by atoms with van der Waals surface area (Å²) in [4.78, 5) is 30.4. The van der Waals surface area contributed by atoms with Crippen LogP contribution in [0.3, 0.4) is 0 Å². The first-order valence-corrected chi connectivity index (χ1v) is 10.1. The van der Waals surface area contributed by atoms with Crippen LogP contribution in [0.2, 0.25) is 0 Å². The minimum atomic E-state index is -3.58. The van der Waals surface area contributed by atoms with Crippen LogP contribution in [0.4, 0.5) is 5.69 Å². The van der Waals surface area contributed by atoms with Crippen molar-refractivity contribution in [2.45, 2.75) is 4.90 Å². The van der Waals surface area contributed by atoms with Crippen LogP contribution in [-0.2, 0) is 9.84 Å². The zero-order valence-corrected chi connectivity index (χ0v) is 15.8. The molecule has 3 rings (SSSR count). The molecule has 3 N–H and O–H groups in total. The maximum Gasteiger partial charge on any atom is 0.335 e. The van der Waals surface area contributed by atoms with Gasteiger partial charge in [-0.15, -0.1) is 0 Å². The van der Waals surface area contributed by atoms with Crippen molar-refractivity contribution in [2.75, 3.05) is 12.4 Å². The van der Waals surface area contributed by atoms with Gasteiger partial charge in [0, 0.05) is 6.21 Å². The van der Waals surface area contributed by atoms with Crippen molar-refractivity contribution >= 4 is 21.7 Å². The van der Waals surface area contributed by atoms with Crippen molar-refractivity contribution in [1.29, 1.82) is 0 Å². The van der Waals surface area contributed by atoms with E-state index in [1.54, 1.807) is 30.3 Å². The summed E-state index contributed by atoms with van der Waals surface area (Å²) in [6.07, 6.45) is 1.09. The van der Waals surface area contributed by atoms with E-state index in [9.17, 15) is 23.1 Å². The number of hydrogen-bond donors (Lipinski definition) is 3. The van der Waals surface area contributed by atoms with Crippen LogP contribution in [0, 0.1) is 0 Å². The lowest BCUT2D eigenvalue weighted by molar-refractivity contribution is 0.319. The van der Waals surface area contributed by atoms with E-state index >= 15 is 0 Å². The maximum absolute atomic E-state index is 12.1. The summed E-state index contributed by atoms with van der Waals surface area (Å²) in [5.74, 6) is -0.962. The molecule has 0 aliphatic carbocycles. The number of aromatic amines is 1. The average Bonchev–Trinajstić information content (AvgIpc) is 2.68. The Labute approximate surface area is 165 Å². The molecule has 0 atom stereocenters. The minimum Gasteiger partial charge on any atom is -0.493 e. The first kappa shape index (κ1) is 20.2. The number of rotatable bonds is 6. The standard InChI is InChI=1S/C19H17N3O6S/c23-10-11-29(27,28)15-8-6-13(7-9-15)20-12-16-17(24)21-19(26)22(18(16)25)14-4-2-1-3-5-14/h1-9,12,23,25H,10-11H2,(H,21,24,26). The first-order chi connectivity index (χ1) is 13.8. The van der Waals surface area contributed by atoms with Crippen molar-refractivity contribution < 1.29 is 18.6 Å². The van der Waals surface area contributed by atoms with Crippen LogP contribution in [0.1, 0.15) is 5.56 Å². The molecule has 0 amide bonds. The number of para-hydroxylation sites is 1. The van der Waals surface area contributed by atoms with Crippen LogP contribution < -0.4 is 11.2 Å². The van der Waals surface area contributed by atoms with Gasteiger partial charge >= 0.3 is 5.69 Å². The van der Waals surface area contributed by atoms with Gasteiger partial charge in [-0.1, -0.05) is 18.2 Å². The van der Waals surface area contributed by atoms with Crippen molar-refractivity contribution in [3.8, 4) is 11.6 Å². The number of nitrogens with zero attached hydrogens (tertiary/aromatic N) is 2. The molecule has 0 spiro atoms. The Hall–Kier alpha value is -3.50. The van der Waals surface area contributed by atoms with Gasteiger partial charge in [0.05, 0.1) is 28.6 Å². The van der Waals surface area contributed by atoms with Gasteiger partial charge in [-0.3, -0.25) is 14.8 Å². The molecule has 0 fully saturated rings. The number of benzene rings is 2. The molecular formula is C19H17N3O6S. The second kappa shape index (κ2) is 8.25. The van der Waals surface area contributed by atoms with E-state index < -0.39 is 33.6 Å². The van der Waals surface area contributed by atoms with Crippen LogP contribution >= 0.6 is 0 Å². The third-order valence-corrected chi connectivity index (χ3v) is 5.74. The molecule has 1 aromatic heterocycles. The molecule has 0 unspecified atom stereocenters. The third-order valence-electron chi connectivity index (χ3n) is 4.03. The van der Waals surface area contributed by atoms with Crippen LogP contribution in [0.15, 0.2) is 74.1 Å². The van der Waals surface area contributed by atoms with Crippen LogP contribution in [0.5, 0.6) is 5.88 Å². The monoisotopic (exact) mass is 415 g/mol. The molecule has 0 saturated heterocycles. The molecule has 2 aromatic carbocycles. The lowest BCUT2D eigenvalue weighted by atomic mass is 10.3. The normalized spacial score (nSPS) is 11.8. The largest absolute Gasteiger partial charge is 0.493 e. The molecule has 29 heavy (non-hydrogen) atoms. The molecule has 0 aliphatic rings. The predicted molar refractivity (Wildman–Crippen MR) is 107 cm³/mol. The first-order valence-electron chi connectivity index (χ1n) is 8.45. The Kier molecular flexibility index (Phi) is 5.76. The molecule has 1 heterocycles. The summed E-state index contributed by atoms with van der Waals surface area (Å²) < 4.78 is 24.8. The van der Waals surface area contributed by atoms with E-state index in [-0.39, 0.29) is 16.2 Å². The van der Waals surface area contributed by atoms with Gasteiger partial charge in [0.25, 0.3) is 5.56 Å². The number of aliphatic imine (C=N–C) groups is 1. The fourth-order valence-electron chi connectivity index (χ4n) is 2.59. The smallest absolute Gasteiger partial charge is 0.335 e. The fourth-order valence-corrected chi connectivity index (χ4v) is 3.61. The van der Waals surface area contributed by atoms with Gasteiger partial charge in [-0.2, -0.15) is 0 Å². The molecule has 0 aliphatic heterocycles. The summed E-state index contributed by atoms with van der Waals surface area (Å²) in [5, 5.41) is 19.3. The Balaban J connectivity index is 1.98. The van der Waals surface area contributed by atoms with Gasteiger partial charge < -0.3 is 10.2 Å². The molecule has 150 valence electrons. The second-order valence-corrected chi connectivity index (χ2v) is 8.07. The molecule has 0 bridgehead atoms. The summed E-state index contributed by atoms with van der Waals surface area (Å²) >= 11 is 0. The Bertz CT molecular complexity index is 1260. The lowest BCUT2D eigenvalue weighted by Crippen LogP contribution is -2.31. The number of hydrogen-bond acceptors (Lipinski definition) is 7. The van der Waals surface area contributed by atoms with E-state index in [4.69, 9.17) is 5.11 Å². The van der Waals surface area contributed by atoms with E-state index in [0.717, 1.165) is 10.8 Å². The van der Waals surface area contributed by atoms with E-state index in [1.165, 1.54) is 24.3 Å². The zero-order valence-electron chi connectivity index (χ0n) is 15.0. The van der Waals surface area contributed by atoms with E-state index in [2.05, 4.69) is 9.98 Å². The quantitative estimate of drug-likeness (QED) is 0.507. The van der Waals surface area contributed by atoms with Gasteiger partial charge in [-0.25, -0.2) is 17.8 Å². The maximum atomic E-state index is 12.1. The Morgan fingerprint density at radius 1 is 1.03 bits per heavy atom. The highest BCUT2D eigenvalue weighted by Crippen LogP contribution is 2.19. The highest BCUT2D eigenvalue weighted by atomic mass is 32.2. The number of H-pyrrole nitrogens is 1. The summed E-state index contributed by atoms with van der Waals surface area (Å²) in [7, 11) is -3.58. The zero-order chi connectivity index (χ0) is 21.0. The van der Waals surface area contributed by atoms with Crippen molar-refractivity contribution in [2.24, 2.45) is 4.99 Å². The number of aliphatic hydroxyl groups excluding tert-OH is 1. The molecule has 0 saturated carbocycles. The molecule has 0 radical (unpaired) electrons. The topological polar surface area (TPSA) is 142 Å². The van der Waals surface area contributed by atoms with Crippen molar-refractivity contribution in [3.05, 3.63) is 81.0 Å². The van der Waals surface area contributed by atoms with Gasteiger partial charge in [-0.05, 0) is 36.4 Å². The predicted octanol–water partition coefficient (Wildman–Crippen LogP) is 0.748. The van der Waals surface area contributed by atoms with Gasteiger partial charge in [0.2, 0.25) is 5.88 Å². The van der Waals surface area contributed by atoms with Crippen LogP contribution in [-0.4, -0.2) is 46.8 Å². The third kappa shape index (κ3) is 4.33. The second-order valence-electron chi connectivity index (χ2n) is 5.96. The molecular weight excluding hydrogens is 398 g/mol. The lowest BCUT2D eigenvalue weighted by Gasteiger charge is -2.09. The number of aromatic hydroxyl groups is 1. The van der Waals surface area contributed by atoms with Crippen LogP contribution in [0.25, 0.3) is 5.69 Å². The number of aliphatic hydroxyl groups is 1. The number of sulfone groups is 1. The Morgan fingerprint density at radius 3 is 2.31 bits per heavy atom. The highest BCUT2D eigenvalue weighted by molar-refractivity contribution is 7.91. The van der Waals surface area contributed by atoms with E-state index in [0.29, 0.717) is 11.4 Å². The molecule has 3 aromatic rings. The summed E-state index contributed by atoms with van der Waals surface area (Å²) in [6.45, 7) is -0.485. The summed E-state index contributed by atoms with van der Waals surface area (Å²) in [5.41, 5.74) is -1.16. The molecule has 10 heteroatoms. The minimum absolute atomic E-state index is 0.0313. The van der Waals surface area contributed by atoms with Crippen molar-refractivity contribution in [3.63, 3.8) is 0 Å². The number of aromatic nitrogens is 2. The molecule has 9 nitrogen and oxygen atoms in total.